The molecule has 0 nitrogen and oxygen atoms in total. The Morgan fingerprint density at radius 3 is 1.27 bits per heavy atom. The van der Waals surface area contributed by atoms with Gasteiger partial charge in [-0.25, -0.2) is 0 Å². The van der Waals surface area contributed by atoms with Crippen LogP contribution in [0.15, 0.2) is 24.3 Å². The maximum absolute atomic E-state index is 2.38. The van der Waals surface area contributed by atoms with Crippen LogP contribution in [0, 0.1) is 27.7 Å². The molecule has 2 aromatic carbocycles. The van der Waals surface area contributed by atoms with Gasteiger partial charge in [0, 0.05) is 20.5 Å². The second-order valence-corrected chi connectivity index (χ2v) is 11.8. The molecule has 0 aliphatic heterocycles. The number of hydrogen-bond acceptors (Lipinski definition) is 4. The van der Waals surface area contributed by atoms with Gasteiger partial charge in [-0.05, 0) is 73.9 Å². The summed E-state index contributed by atoms with van der Waals surface area (Å²) in [6, 6.07) is 9.44. The Morgan fingerprint density at radius 1 is 0.462 bits per heavy atom. The number of hydrogen-bond donors (Lipinski definition) is 0. The third-order valence-electron chi connectivity index (χ3n) is 5.24. The first-order valence-corrected chi connectivity index (χ1v) is 12.0. The van der Waals surface area contributed by atoms with Crippen molar-refractivity contribution < 1.29 is 0 Å². The summed E-state index contributed by atoms with van der Waals surface area (Å²) in [4.78, 5) is 2.81. The van der Waals surface area contributed by atoms with Crippen LogP contribution < -0.4 is 0 Å². The van der Waals surface area contributed by atoms with Gasteiger partial charge in [0.1, 0.15) is 0 Å². The van der Waals surface area contributed by atoms with Gasteiger partial charge in [0.05, 0.1) is 28.2 Å². The van der Waals surface area contributed by atoms with Crippen LogP contribution in [0.1, 0.15) is 20.9 Å². The molecule has 0 bridgehead atoms. The summed E-state index contributed by atoms with van der Waals surface area (Å²) in [6.45, 7) is 9.00. The minimum atomic E-state index is 1.40. The highest BCUT2D eigenvalue weighted by molar-refractivity contribution is 7.40. The average Bonchev–Trinajstić information content (AvgIpc) is 3.27. The van der Waals surface area contributed by atoms with Crippen LogP contribution in [0.3, 0.4) is 0 Å². The van der Waals surface area contributed by atoms with E-state index in [1.807, 2.05) is 45.3 Å². The van der Waals surface area contributed by atoms with Crippen LogP contribution in [0.4, 0.5) is 0 Å². The molecular weight excluding hydrogens is 393 g/mol. The summed E-state index contributed by atoms with van der Waals surface area (Å²) < 4.78 is 8.90. The first-order valence-electron chi connectivity index (χ1n) is 8.69. The molecule has 0 amide bonds. The van der Waals surface area contributed by atoms with Gasteiger partial charge in [-0.1, -0.05) is 0 Å². The fourth-order valence-electron chi connectivity index (χ4n) is 4.22. The van der Waals surface area contributed by atoms with Crippen LogP contribution in [0.5, 0.6) is 0 Å². The van der Waals surface area contributed by atoms with Gasteiger partial charge in [-0.15, -0.1) is 45.3 Å². The first kappa shape index (κ1) is 15.6. The van der Waals surface area contributed by atoms with Crippen LogP contribution in [-0.4, -0.2) is 0 Å². The van der Waals surface area contributed by atoms with Gasteiger partial charge in [0.2, 0.25) is 0 Å². The SMILES string of the molecule is Cc1cc2cc(C)c3c(sc4c3sc3c5sc(C)cc5cc(C)c34)c2s1. The van der Waals surface area contributed by atoms with E-state index >= 15 is 0 Å². The Kier molecular flexibility index (Phi) is 3.04. The molecule has 0 N–H and O–H groups in total. The third kappa shape index (κ3) is 1.88. The van der Waals surface area contributed by atoms with E-state index in [9.17, 15) is 0 Å². The van der Waals surface area contributed by atoms with E-state index < -0.39 is 0 Å². The maximum Gasteiger partial charge on any atom is 0.0545 e. The van der Waals surface area contributed by atoms with Gasteiger partial charge in [0.25, 0.3) is 0 Å². The average molecular weight is 409 g/mol. The number of thiophene rings is 4. The van der Waals surface area contributed by atoms with E-state index in [2.05, 4.69) is 52.0 Å². The van der Waals surface area contributed by atoms with Gasteiger partial charge < -0.3 is 0 Å². The molecule has 0 fully saturated rings. The normalized spacial score (nSPS) is 12.6. The molecular formula is C22H16S4. The lowest BCUT2D eigenvalue weighted by molar-refractivity contribution is 1.58. The number of benzene rings is 2. The molecule has 0 aliphatic rings. The molecule has 0 atom stereocenters. The molecule has 0 saturated carbocycles. The zero-order valence-corrected chi connectivity index (χ0v) is 18.2. The van der Waals surface area contributed by atoms with Gasteiger partial charge in [0.15, 0.2) is 0 Å². The van der Waals surface area contributed by atoms with Crippen molar-refractivity contribution >= 4 is 95.1 Å². The molecule has 0 spiro atoms. The van der Waals surface area contributed by atoms with Crippen molar-refractivity contribution in [3.05, 3.63) is 45.1 Å². The van der Waals surface area contributed by atoms with Crippen LogP contribution in [-0.2, 0) is 0 Å². The topological polar surface area (TPSA) is 0 Å². The first-order chi connectivity index (χ1) is 12.5. The Bertz CT molecular complexity index is 1400. The zero-order chi connectivity index (χ0) is 17.7. The fraction of sp³-hybridized carbons (Fsp3) is 0.182. The van der Waals surface area contributed by atoms with E-state index in [1.165, 1.54) is 70.6 Å². The molecule has 0 saturated heterocycles. The Hall–Kier alpha value is -1.46. The van der Waals surface area contributed by atoms with Gasteiger partial charge >= 0.3 is 0 Å². The second kappa shape index (κ2) is 5.08. The lowest BCUT2D eigenvalue weighted by Gasteiger charge is -1.99. The van der Waals surface area contributed by atoms with Crippen molar-refractivity contribution in [1.82, 2.24) is 0 Å². The van der Waals surface area contributed by atoms with Crippen molar-refractivity contribution in [2.45, 2.75) is 27.7 Å². The molecule has 0 radical (unpaired) electrons. The summed E-state index contributed by atoms with van der Waals surface area (Å²) in [5.41, 5.74) is 2.83. The lowest BCUT2D eigenvalue weighted by Crippen LogP contribution is -1.73. The Balaban J connectivity index is 1.90. The highest BCUT2D eigenvalue weighted by Gasteiger charge is 2.20. The molecule has 4 heterocycles. The standard InChI is InChI=1S/C22H16S4/c1-9-5-13-7-11(3)23-17(13)19-15(9)21-22(25-19)16-10(2)6-14-8-12(4)24-18(14)20(16)26-21/h5-8H,1-4H3. The predicted octanol–water partition coefficient (Wildman–Crippen LogP) is 8.93. The molecule has 6 rings (SSSR count). The minimum Gasteiger partial charge on any atom is -0.139 e. The zero-order valence-electron chi connectivity index (χ0n) is 14.9. The van der Waals surface area contributed by atoms with Crippen LogP contribution in [0.2, 0.25) is 0 Å². The molecule has 128 valence electrons. The van der Waals surface area contributed by atoms with E-state index in [0.29, 0.717) is 0 Å². The largest absolute Gasteiger partial charge is 0.139 e. The highest BCUT2D eigenvalue weighted by atomic mass is 32.1. The lowest BCUT2D eigenvalue weighted by atomic mass is 10.1. The minimum absolute atomic E-state index is 1.40. The van der Waals surface area contributed by atoms with E-state index in [1.54, 1.807) is 0 Å². The summed E-state index contributed by atoms with van der Waals surface area (Å²) in [5.74, 6) is 0. The maximum atomic E-state index is 2.38. The third-order valence-corrected chi connectivity index (χ3v) is 10.2. The highest BCUT2D eigenvalue weighted by Crippen LogP contribution is 2.51. The number of aryl methyl sites for hydroxylation is 4. The molecule has 0 aliphatic carbocycles. The Labute approximate surface area is 167 Å². The van der Waals surface area contributed by atoms with Crippen molar-refractivity contribution in [2.24, 2.45) is 0 Å². The van der Waals surface area contributed by atoms with Crippen molar-refractivity contribution in [3.63, 3.8) is 0 Å². The smallest absolute Gasteiger partial charge is 0.0545 e. The second-order valence-electron chi connectivity index (χ2n) is 7.21. The number of rotatable bonds is 0. The monoisotopic (exact) mass is 408 g/mol. The Morgan fingerprint density at radius 2 is 0.846 bits per heavy atom. The van der Waals surface area contributed by atoms with E-state index in [-0.39, 0.29) is 0 Å². The molecule has 26 heavy (non-hydrogen) atoms. The molecule has 0 unspecified atom stereocenters. The summed E-state index contributed by atoms with van der Waals surface area (Å²) in [5, 5.41) is 5.79. The van der Waals surface area contributed by atoms with Gasteiger partial charge in [-0.3, -0.25) is 0 Å². The summed E-state index contributed by atoms with van der Waals surface area (Å²) in [6.07, 6.45) is 0. The van der Waals surface area contributed by atoms with Crippen molar-refractivity contribution in [2.75, 3.05) is 0 Å². The molecule has 4 heteroatoms. The van der Waals surface area contributed by atoms with E-state index in [4.69, 9.17) is 0 Å². The summed E-state index contributed by atoms with van der Waals surface area (Å²) >= 11 is 7.90. The number of fused-ring (bicyclic) bond motifs is 9. The van der Waals surface area contributed by atoms with Crippen LogP contribution in [0.25, 0.3) is 49.7 Å². The van der Waals surface area contributed by atoms with E-state index in [0.717, 1.165) is 0 Å². The quantitative estimate of drug-likeness (QED) is 0.235. The molecule has 6 aromatic rings. The van der Waals surface area contributed by atoms with Gasteiger partial charge in [-0.2, -0.15) is 0 Å². The molecule has 4 aromatic heterocycles. The van der Waals surface area contributed by atoms with Crippen LogP contribution >= 0.6 is 45.3 Å². The summed E-state index contributed by atoms with van der Waals surface area (Å²) in [7, 11) is 0. The van der Waals surface area contributed by atoms with Crippen molar-refractivity contribution in [3.8, 4) is 0 Å². The predicted molar refractivity (Wildman–Crippen MR) is 124 cm³/mol. The fourth-order valence-corrected chi connectivity index (χ4v) is 9.65. The van der Waals surface area contributed by atoms with Crippen molar-refractivity contribution in [1.29, 1.82) is 0 Å².